The molecule has 0 amide bonds. The van der Waals surface area contributed by atoms with Gasteiger partial charge in [0.05, 0.1) is 13.5 Å². The number of benzene rings is 2. The van der Waals surface area contributed by atoms with Crippen LogP contribution in [0.1, 0.15) is 30.5 Å². The summed E-state index contributed by atoms with van der Waals surface area (Å²) in [6, 6.07) is 13.7. The third-order valence-electron chi connectivity index (χ3n) is 3.64. The zero-order valence-corrected chi connectivity index (χ0v) is 13.4. The highest BCUT2D eigenvalue weighted by Gasteiger charge is 2.11. The van der Waals surface area contributed by atoms with Crippen LogP contribution < -0.4 is 9.47 Å². The van der Waals surface area contributed by atoms with E-state index in [2.05, 4.69) is 13.8 Å². The molecule has 3 heteroatoms. The number of rotatable bonds is 6. The van der Waals surface area contributed by atoms with Crippen LogP contribution >= 0.6 is 0 Å². The molecule has 2 aromatic rings. The van der Waals surface area contributed by atoms with Gasteiger partial charge in [0.1, 0.15) is 0 Å². The van der Waals surface area contributed by atoms with Crippen LogP contribution in [0.15, 0.2) is 42.5 Å². The minimum absolute atomic E-state index is 0.253. The lowest BCUT2D eigenvalue weighted by molar-refractivity contribution is -0.133. The summed E-state index contributed by atoms with van der Waals surface area (Å²) < 4.78 is 10.7. The summed E-state index contributed by atoms with van der Waals surface area (Å²) in [6.07, 6.45) is 2.16. The molecule has 3 nitrogen and oxygen atoms in total. The van der Waals surface area contributed by atoms with Gasteiger partial charge in [0.25, 0.3) is 0 Å². The molecule has 0 saturated heterocycles. The molecule has 0 aliphatic rings. The SMILES string of the molecule is CCc1ccc(CC(=O)Oc2ccc(CC)cc2OC)cc1. The summed E-state index contributed by atoms with van der Waals surface area (Å²) in [4.78, 5) is 12.1. The van der Waals surface area contributed by atoms with E-state index in [-0.39, 0.29) is 12.4 Å². The number of hydrogen-bond donors (Lipinski definition) is 0. The summed E-state index contributed by atoms with van der Waals surface area (Å²) in [5, 5.41) is 0. The highest BCUT2D eigenvalue weighted by Crippen LogP contribution is 2.28. The molecule has 0 atom stereocenters. The molecular formula is C19H22O3. The molecule has 0 N–H and O–H groups in total. The number of carbonyl (C=O) groups excluding carboxylic acids is 1. The van der Waals surface area contributed by atoms with Crippen molar-refractivity contribution in [1.82, 2.24) is 0 Å². The molecule has 0 radical (unpaired) electrons. The van der Waals surface area contributed by atoms with Crippen LogP contribution in [-0.2, 0) is 24.1 Å². The van der Waals surface area contributed by atoms with Gasteiger partial charge in [-0.1, -0.05) is 44.2 Å². The van der Waals surface area contributed by atoms with Crippen molar-refractivity contribution in [3.63, 3.8) is 0 Å². The fourth-order valence-electron chi connectivity index (χ4n) is 2.23. The number of ether oxygens (including phenoxy) is 2. The van der Waals surface area contributed by atoms with Crippen molar-refractivity contribution in [2.75, 3.05) is 7.11 Å². The first-order chi connectivity index (χ1) is 10.7. The molecule has 0 heterocycles. The van der Waals surface area contributed by atoms with Gasteiger partial charge < -0.3 is 9.47 Å². The van der Waals surface area contributed by atoms with E-state index in [1.165, 1.54) is 5.56 Å². The molecule has 0 fully saturated rings. The molecule has 0 spiro atoms. The molecule has 0 bridgehead atoms. The fourth-order valence-corrected chi connectivity index (χ4v) is 2.23. The zero-order chi connectivity index (χ0) is 15.9. The highest BCUT2D eigenvalue weighted by atomic mass is 16.6. The summed E-state index contributed by atoms with van der Waals surface area (Å²) in [7, 11) is 1.58. The fraction of sp³-hybridized carbons (Fsp3) is 0.316. The molecule has 2 aromatic carbocycles. The van der Waals surface area contributed by atoms with Crippen molar-refractivity contribution in [3.8, 4) is 11.5 Å². The van der Waals surface area contributed by atoms with Gasteiger partial charge in [-0.25, -0.2) is 0 Å². The molecule has 0 saturated carbocycles. The summed E-state index contributed by atoms with van der Waals surface area (Å²) in [5.74, 6) is 0.774. The van der Waals surface area contributed by atoms with Gasteiger partial charge >= 0.3 is 5.97 Å². The van der Waals surface area contributed by atoms with E-state index in [0.717, 1.165) is 24.0 Å². The maximum Gasteiger partial charge on any atom is 0.315 e. The Balaban J connectivity index is 2.04. The Bertz CT molecular complexity index is 630. The second-order valence-electron chi connectivity index (χ2n) is 5.16. The van der Waals surface area contributed by atoms with Gasteiger partial charge in [0.15, 0.2) is 11.5 Å². The Morgan fingerprint density at radius 1 is 0.864 bits per heavy atom. The average molecular weight is 298 g/mol. The van der Waals surface area contributed by atoms with E-state index in [1.807, 2.05) is 36.4 Å². The topological polar surface area (TPSA) is 35.5 Å². The number of carbonyl (C=O) groups is 1. The van der Waals surface area contributed by atoms with E-state index in [1.54, 1.807) is 13.2 Å². The average Bonchev–Trinajstić information content (AvgIpc) is 2.55. The van der Waals surface area contributed by atoms with Crippen LogP contribution in [0.2, 0.25) is 0 Å². The van der Waals surface area contributed by atoms with E-state index in [9.17, 15) is 4.79 Å². The maximum atomic E-state index is 12.1. The quantitative estimate of drug-likeness (QED) is 0.598. The lowest BCUT2D eigenvalue weighted by Gasteiger charge is -2.10. The second kappa shape index (κ2) is 7.64. The Hall–Kier alpha value is -2.29. The van der Waals surface area contributed by atoms with E-state index < -0.39 is 0 Å². The van der Waals surface area contributed by atoms with E-state index in [0.29, 0.717) is 11.5 Å². The largest absolute Gasteiger partial charge is 0.493 e. The smallest absolute Gasteiger partial charge is 0.315 e. The molecular weight excluding hydrogens is 276 g/mol. The zero-order valence-electron chi connectivity index (χ0n) is 13.4. The molecule has 0 unspecified atom stereocenters. The van der Waals surface area contributed by atoms with Gasteiger partial charge in [0.2, 0.25) is 0 Å². The number of aryl methyl sites for hydroxylation is 2. The molecule has 0 aliphatic heterocycles. The van der Waals surface area contributed by atoms with Gasteiger partial charge in [-0.3, -0.25) is 4.79 Å². The normalized spacial score (nSPS) is 10.3. The van der Waals surface area contributed by atoms with Crippen molar-refractivity contribution in [1.29, 1.82) is 0 Å². The first kappa shape index (κ1) is 16.1. The standard InChI is InChI=1S/C19H22O3/c1-4-14-6-8-16(9-7-14)13-19(20)22-17-11-10-15(5-2)12-18(17)21-3/h6-12H,4-5,13H2,1-3H3. The van der Waals surface area contributed by atoms with Gasteiger partial charge in [-0.05, 0) is 41.7 Å². The third-order valence-corrected chi connectivity index (χ3v) is 3.64. The Labute approximate surface area is 131 Å². The van der Waals surface area contributed by atoms with Crippen LogP contribution in [0.5, 0.6) is 11.5 Å². The summed E-state index contributed by atoms with van der Waals surface area (Å²) in [6.45, 7) is 4.18. The first-order valence-corrected chi connectivity index (χ1v) is 7.61. The molecule has 0 aromatic heterocycles. The Kier molecular flexibility index (Phi) is 5.59. The predicted molar refractivity (Wildman–Crippen MR) is 87.5 cm³/mol. The monoisotopic (exact) mass is 298 g/mol. The predicted octanol–water partition coefficient (Wildman–Crippen LogP) is 3.97. The number of hydrogen-bond acceptors (Lipinski definition) is 3. The van der Waals surface area contributed by atoms with E-state index in [4.69, 9.17) is 9.47 Å². The van der Waals surface area contributed by atoms with Crippen LogP contribution in [0.3, 0.4) is 0 Å². The number of methoxy groups -OCH3 is 1. The minimum Gasteiger partial charge on any atom is -0.493 e. The maximum absolute atomic E-state index is 12.1. The summed E-state index contributed by atoms with van der Waals surface area (Å²) >= 11 is 0. The second-order valence-corrected chi connectivity index (χ2v) is 5.16. The van der Waals surface area contributed by atoms with Crippen LogP contribution in [0.4, 0.5) is 0 Å². The minimum atomic E-state index is -0.285. The lowest BCUT2D eigenvalue weighted by atomic mass is 10.1. The number of esters is 1. The van der Waals surface area contributed by atoms with Crippen molar-refractivity contribution in [2.24, 2.45) is 0 Å². The van der Waals surface area contributed by atoms with Crippen molar-refractivity contribution in [2.45, 2.75) is 33.1 Å². The van der Waals surface area contributed by atoms with Crippen LogP contribution in [-0.4, -0.2) is 13.1 Å². The molecule has 116 valence electrons. The van der Waals surface area contributed by atoms with Crippen molar-refractivity contribution in [3.05, 3.63) is 59.2 Å². The molecule has 2 rings (SSSR count). The van der Waals surface area contributed by atoms with Crippen LogP contribution in [0, 0.1) is 0 Å². The van der Waals surface area contributed by atoms with E-state index >= 15 is 0 Å². The van der Waals surface area contributed by atoms with Crippen molar-refractivity contribution < 1.29 is 14.3 Å². The van der Waals surface area contributed by atoms with Crippen LogP contribution in [0.25, 0.3) is 0 Å². The van der Waals surface area contributed by atoms with Gasteiger partial charge in [0, 0.05) is 0 Å². The Morgan fingerprint density at radius 3 is 2.05 bits per heavy atom. The van der Waals surface area contributed by atoms with Crippen molar-refractivity contribution >= 4 is 5.97 Å². The summed E-state index contributed by atoms with van der Waals surface area (Å²) in [5.41, 5.74) is 3.35. The third kappa shape index (κ3) is 4.10. The molecule has 22 heavy (non-hydrogen) atoms. The first-order valence-electron chi connectivity index (χ1n) is 7.61. The van der Waals surface area contributed by atoms with Gasteiger partial charge in [-0.15, -0.1) is 0 Å². The van der Waals surface area contributed by atoms with Gasteiger partial charge in [-0.2, -0.15) is 0 Å². The highest BCUT2D eigenvalue weighted by molar-refractivity contribution is 5.76. The molecule has 0 aliphatic carbocycles. The lowest BCUT2D eigenvalue weighted by Crippen LogP contribution is -2.12. The Morgan fingerprint density at radius 2 is 1.45 bits per heavy atom.